The van der Waals surface area contributed by atoms with Gasteiger partial charge < -0.3 is 4.90 Å². The molecule has 0 spiro atoms. The maximum atomic E-state index is 2.79. The van der Waals surface area contributed by atoms with Gasteiger partial charge in [0.1, 0.15) is 0 Å². The molecular formula is C15H27N3. The topological polar surface area (TPSA) is 9.72 Å². The highest BCUT2D eigenvalue weighted by atomic mass is 15.4. The molecule has 6 rings (SSSR count). The van der Waals surface area contributed by atoms with Crippen molar-refractivity contribution >= 4 is 0 Å². The Kier molecular flexibility index (Phi) is 2.90. The summed E-state index contributed by atoms with van der Waals surface area (Å²) in [7, 11) is 0. The van der Waals surface area contributed by atoms with E-state index in [1.54, 1.807) is 0 Å². The molecule has 0 amide bonds. The molecule has 0 aliphatic carbocycles. The van der Waals surface area contributed by atoms with Gasteiger partial charge in [-0.3, -0.25) is 9.80 Å². The lowest BCUT2D eigenvalue weighted by Crippen LogP contribution is -2.65. The number of piperidine rings is 3. The fraction of sp³-hybridized carbons (Fsp3) is 1.00. The van der Waals surface area contributed by atoms with E-state index in [1.165, 1.54) is 65.1 Å². The number of fused-ring (bicyclic) bond motifs is 6. The molecule has 6 fully saturated rings. The van der Waals surface area contributed by atoms with E-state index in [1.807, 2.05) is 0 Å². The molecule has 6 aliphatic rings. The summed E-state index contributed by atoms with van der Waals surface area (Å²) >= 11 is 0. The van der Waals surface area contributed by atoms with Crippen LogP contribution in [0, 0.1) is 11.8 Å². The Morgan fingerprint density at radius 2 is 1.67 bits per heavy atom. The highest BCUT2D eigenvalue weighted by molar-refractivity contribution is 4.96. The van der Waals surface area contributed by atoms with Crippen LogP contribution in [0.3, 0.4) is 0 Å². The van der Waals surface area contributed by atoms with Crippen LogP contribution in [0.5, 0.6) is 0 Å². The average molecular weight is 249 g/mol. The Balaban J connectivity index is 1.40. The summed E-state index contributed by atoms with van der Waals surface area (Å²) in [5, 5.41) is 0. The third-order valence-electron chi connectivity index (χ3n) is 6.12. The highest BCUT2D eigenvalue weighted by Gasteiger charge is 2.40. The summed E-state index contributed by atoms with van der Waals surface area (Å²) in [5.41, 5.74) is 0. The molecule has 18 heavy (non-hydrogen) atoms. The van der Waals surface area contributed by atoms with Crippen LogP contribution in [-0.4, -0.2) is 72.6 Å². The molecule has 0 aromatic rings. The number of rotatable bonds is 2. The molecule has 0 N–H and O–H groups in total. The first-order chi connectivity index (χ1) is 8.79. The van der Waals surface area contributed by atoms with Crippen molar-refractivity contribution in [3.63, 3.8) is 0 Å². The van der Waals surface area contributed by atoms with Crippen LogP contribution in [0.2, 0.25) is 0 Å². The molecule has 0 radical (unpaired) electrons. The molecule has 6 aliphatic heterocycles. The van der Waals surface area contributed by atoms with Gasteiger partial charge in [-0.1, -0.05) is 0 Å². The smallest absolute Gasteiger partial charge is 0.0227 e. The van der Waals surface area contributed by atoms with Crippen LogP contribution in [0.4, 0.5) is 0 Å². The minimum absolute atomic E-state index is 0.807. The van der Waals surface area contributed by atoms with Crippen molar-refractivity contribution in [1.29, 1.82) is 0 Å². The first-order valence-electron chi connectivity index (χ1n) is 8.00. The van der Waals surface area contributed by atoms with Gasteiger partial charge in [-0.05, 0) is 51.1 Å². The van der Waals surface area contributed by atoms with E-state index in [-0.39, 0.29) is 0 Å². The quantitative estimate of drug-likeness (QED) is 0.726. The summed E-state index contributed by atoms with van der Waals surface area (Å²) in [6.07, 6.45) is 4.44. The molecule has 5 atom stereocenters. The summed E-state index contributed by atoms with van der Waals surface area (Å²) < 4.78 is 0. The SMILES string of the molecule is CC1CN2CCN1CC2CC1CN2CCC1CC2. The standard InChI is InChI=1S/C15H27N3/c1-12-9-18-7-6-17(12)11-15(18)8-14-10-16-4-2-13(14)3-5-16/h12-15H,2-11H2,1H3. The summed E-state index contributed by atoms with van der Waals surface area (Å²) in [5.74, 6) is 2.07. The van der Waals surface area contributed by atoms with E-state index in [0.29, 0.717) is 0 Å². The Labute approximate surface area is 111 Å². The van der Waals surface area contributed by atoms with Gasteiger partial charge in [0, 0.05) is 44.8 Å². The summed E-state index contributed by atoms with van der Waals surface area (Å²) in [6, 6.07) is 1.68. The predicted octanol–water partition coefficient (Wildman–Crippen LogP) is 1.11. The van der Waals surface area contributed by atoms with Crippen LogP contribution in [0.1, 0.15) is 26.2 Å². The van der Waals surface area contributed by atoms with Gasteiger partial charge in [0.05, 0.1) is 0 Å². The van der Waals surface area contributed by atoms with E-state index in [2.05, 4.69) is 21.6 Å². The maximum absolute atomic E-state index is 2.79. The van der Waals surface area contributed by atoms with Gasteiger partial charge in [-0.25, -0.2) is 0 Å². The molecule has 6 saturated heterocycles. The molecule has 0 aromatic heterocycles. The lowest BCUT2D eigenvalue weighted by molar-refractivity contribution is -0.0466. The Bertz CT molecular complexity index is 311. The van der Waals surface area contributed by atoms with Gasteiger partial charge >= 0.3 is 0 Å². The number of hydrogen-bond donors (Lipinski definition) is 0. The first-order valence-corrected chi connectivity index (χ1v) is 8.00. The Morgan fingerprint density at radius 3 is 2.22 bits per heavy atom. The third kappa shape index (κ3) is 1.91. The zero-order valence-corrected chi connectivity index (χ0v) is 11.7. The second-order valence-electron chi connectivity index (χ2n) is 7.13. The van der Waals surface area contributed by atoms with Gasteiger partial charge in [-0.2, -0.15) is 0 Å². The van der Waals surface area contributed by atoms with Gasteiger partial charge in [0.2, 0.25) is 0 Å². The van der Waals surface area contributed by atoms with Crippen molar-refractivity contribution in [2.24, 2.45) is 11.8 Å². The zero-order chi connectivity index (χ0) is 12.1. The minimum atomic E-state index is 0.807. The normalized spacial score (nSPS) is 54.8. The molecule has 3 heteroatoms. The van der Waals surface area contributed by atoms with Crippen LogP contribution >= 0.6 is 0 Å². The minimum Gasteiger partial charge on any atom is -0.303 e. The highest BCUT2D eigenvalue weighted by Crippen LogP contribution is 2.37. The molecule has 4 bridgehead atoms. The molecule has 0 saturated carbocycles. The molecule has 3 nitrogen and oxygen atoms in total. The van der Waals surface area contributed by atoms with Crippen molar-refractivity contribution in [1.82, 2.24) is 14.7 Å². The summed E-state index contributed by atoms with van der Waals surface area (Å²) in [6.45, 7) is 11.9. The zero-order valence-electron chi connectivity index (χ0n) is 11.7. The van der Waals surface area contributed by atoms with Crippen LogP contribution < -0.4 is 0 Å². The monoisotopic (exact) mass is 249 g/mol. The van der Waals surface area contributed by atoms with Crippen molar-refractivity contribution in [3.8, 4) is 0 Å². The average Bonchev–Trinajstić information content (AvgIpc) is 2.42. The van der Waals surface area contributed by atoms with Crippen LogP contribution in [0.25, 0.3) is 0 Å². The fourth-order valence-corrected chi connectivity index (χ4v) is 4.94. The second kappa shape index (κ2) is 4.46. The predicted molar refractivity (Wildman–Crippen MR) is 73.7 cm³/mol. The number of hydrogen-bond acceptors (Lipinski definition) is 3. The van der Waals surface area contributed by atoms with Gasteiger partial charge in [0.25, 0.3) is 0 Å². The lowest BCUT2D eigenvalue weighted by atomic mass is 9.75. The molecule has 6 heterocycles. The lowest BCUT2D eigenvalue weighted by Gasteiger charge is -2.53. The van der Waals surface area contributed by atoms with Crippen LogP contribution in [0.15, 0.2) is 0 Å². The van der Waals surface area contributed by atoms with Crippen LogP contribution in [-0.2, 0) is 0 Å². The largest absolute Gasteiger partial charge is 0.303 e. The Hall–Kier alpha value is -0.120. The third-order valence-corrected chi connectivity index (χ3v) is 6.12. The van der Waals surface area contributed by atoms with E-state index in [0.717, 1.165) is 23.9 Å². The van der Waals surface area contributed by atoms with Crippen molar-refractivity contribution in [2.45, 2.75) is 38.3 Å². The van der Waals surface area contributed by atoms with E-state index < -0.39 is 0 Å². The van der Waals surface area contributed by atoms with Crippen molar-refractivity contribution < 1.29 is 0 Å². The number of piperazine rings is 3. The first kappa shape index (κ1) is 11.7. The maximum Gasteiger partial charge on any atom is 0.0227 e. The van der Waals surface area contributed by atoms with Gasteiger partial charge in [0.15, 0.2) is 0 Å². The number of nitrogens with zero attached hydrogens (tertiary/aromatic N) is 3. The van der Waals surface area contributed by atoms with E-state index in [4.69, 9.17) is 0 Å². The summed E-state index contributed by atoms with van der Waals surface area (Å²) in [4.78, 5) is 8.23. The van der Waals surface area contributed by atoms with E-state index in [9.17, 15) is 0 Å². The molecular weight excluding hydrogens is 222 g/mol. The van der Waals surface area contributed by atoms with Crippen molar-refractivity contribution in [2.75, 3.05) is 45.8 Å². The molecule has 5 unspecified atom stereocenters. The molecule has 102 valence electrons. The second-order valence-corrected chi connectivity index (χ2v) is 7.13. The molecule has 0 aromatic carbocycles. The van der Waals surface area contributed by atoms with E-state index >= 15 is 0 Å². The Morgan fingerprint density at radius 1 is 0.889 bits per heavy atom. The fourth-order valence-electron chi connectivity index (χ4n) is 4.94. The van der Waals surface area contributed by atoms with Crippen molar-refractivity contribution in [3.05, 3.63) is 0 Å². The van der Waals surface area contributed by atoms with Gasteiger partial charge in [-0.15, -0.1) is 0 Å².